The van der Waals surface area contributed by atoms with E-state index in [2.05, 4.69) is 33.7 Å². The quantitative estimate of drug-likeness (QED) is 0.347. The molecule has 0 aliphatic heterocycles. The minimum Gasteiger partial charge on any atom is -0.493 e. The summed E-state index contributed by atoms with van der Waals surface area (Å²) in [5, 5.41) is 11.7. The van der Waals surface area contributed by atoms with Gasteiger partial charge in [0.2, 0.25) is 0 Å². The molecule has 2 N–H and O–H groups in total. The first kappa shape index (κ1) is 22.9. The third kappa shape index (κ3) is 6.85. The molecule has 0 spiro atoms. The predicted octanol–water partition coefficient (Wildman–Crippen LogP) is 3.71. The van der Waals surface area contributed by atoms with E-state index in [4.69, 9.17) is 21.1 Å². The van der Waals surface area contributed by atoms with Gasteiger partial charge in [0.15, 0.2) is 17.5 Å². The second-order valence-corrected chi connectivity index (χ2v) is 7.07. The summed E-state index contributed by atoms with van der Waals surface area (Å²) in [7, 11) is 1.61. The molecular weight excluding hydrogens is 390 g/mol. The molecule has 0 fully saturated rings. The Morgan fingerprint density at radius 1 is 1.21 bits per heavy atom. The normalized spacial score (nSPS) is 11.4. The van der Waals surface area contributed by atoms with Crippen molar-refractivity contribution in [2.24, 2.45) is 4.99 Å². The summed E-state index contributed by atoms with van der Waals surface area (Å²) in [6.07, 6.45) is 0.953. The number of rotatable bonds is 10. The Labute approximate surface area is 178 Å². The monoisotopic (exact) mass is 421 g/mol. The fourth-order valence-electron chi connectivity index (χ4n) is 3.00. The van der Waals surface area contributed by atoms with Crippen LogP contribution in [0.15, 0.2) is 23.2 Å². The standard InChI is InChI=1S/C21H32ClN5O2/c1-6-23-21(24-9-8-10-27-16(4)11-15(3)26-27)25-14-17-12-18(22)20(29-7-2)19(13-17)28-5/h11-13H,6-10,14H2,1-5H3,(H2,23,24,25). The maximum Gasteiger partial charge on any atom is 0.191 e. The largest absolute Gasteiger partial charge is 0.493 e. The molecule has 0 radical (unpaired) electrons. The van der Waals surface area contributed by atoms with Gasteiger partial charge in [0.25, 0.3) is 0 Å². The molecule has 8 heteroatoms. The molecule has 1 heterocycles. The summed E-state index contributed by atoms with van der Waals surface area (Å²) >= 11 is 6.35. The van der Waals surface area contributed by atoms with Crippen LogP contribution in [0.5, 0.6) is 11.5 Å². The van der Waals surface area contributed by atoms with E-state index in [1.807, 2.05) is 37.6 Å². The van der Waals surface area contributed by atoms with Gasteiger partial charge in [0, 0.05) is 25.3 Å². The Bertz CT molecular complexity index is 820. The number of guanidine groups is 1. The fourth-order valence-corrected chi connectivity index (χ4v) is 3.29. The number of aliphatic imine (C=N–C) groups is 1. The summed E-state index contributed by atoms with van der Waals surface area (Å²) in [6, 6.07) is 5.87. The smallest absolute Gasteiger partial charge is 0.191 e. The predicted molar refractivity (Wildman–Crippen MR) is 118 cm³/mol. The van der Waals surface area contributed by atoms with Crippen LogP contribution >= 0.6 is 11.6 Å². The molecule has 0 aliphatic carbocycles. The highest BCUT2D eigenvalue weighted by Gasteiger charge is 2.11. The second-order valence-electron chi connectivity index (χ2n) is 6.67. The number of hydrogen-bond donors (Lipinski definition) is 2. The van der Waals surface area contributed by atoms with Crippen LogP contribution in [0.3, 0.4) is 0 Å². The molecule has 2 rings (SSSR count). The lowest BCUT2D eigenvalue weighted by atomic mass is 10.2. The van der Waals surface area contributed by atoms with Crippen LogP contribution in [0.2, 0.25) is 5.02 Å². The van der Waals surface area contributed by atoms with Crippen molar-refractivity contribution >= 4 is 17.6 Å². The van der Waals surface area contributed by atoms with Crippen molar-refractivity contribution in [2.45, 2.75) is 47.2 Å². The summed E-state index contributed by atoms with van der Waals surface area (Å²) in [5.41, 5.74) is 3.19. The summed E-state index contributed by atoms with van der Waals surface area (Å²) in [5.74, 6) is 1.95. The van der Waals surface area contributed by atoms with Crippen LogP contribution in [0.1, 0.15) is 37.2 Å². The van der Waals surface area contributed by atoms with Gasteiger partial charge in [-0.1, -0.05) is 11.6 Å². The minimum absolute atomic E-state index is 0.481. The number of aromatic nitrogens is 2. The molecular formula is C21H32ClN5O2. The number of nitrogens with zero attached hydrogens (tertiary/aromatic N) is 3. The Morgan fingerprint density at radius 3 is 2.62 bits per heavy atom. The van der Waals surface area contributed by atoms with Gasteiger partial charge in [0.1, 0.15) is 0 Å². The van der Waals surface area contributed by atoms with Gasteiger partial charge in [-0.2, -0.15) is 5.10 Å². The van der Waals surface area contributed by atoms with Gasteiger partial charge >= 0.3 is 0 Å². The third-order valence-electron chi connectivity index (χ3n) is 4.28. The molecule has 29 heavy (non-hydrogen) atoms. The van der Waals surface area contributed by atoms with E-state index < -0.39 is 0 Å². The highest BCUT2D eigenvalue weighted by atomic mass is 35.5. The summed E-state index contributed by atoms with van der Waals surface area (Å²) < 4.78 is 13.0. The fraction of sp³-hybridized carbons (Fsp3) is 0.524. The van der Waals surface area contributed by atoms with Gasteiger partial charge < -0.3 is 20.1 Å². The number of benzene rings is 1. The molecule has 0 saturated carbocycles. The zero-order chi connectivity index (χ0) is 21.2. The number of aryl methyl sites for hydroxylation is 3. The van der Waals surface area contributed by atoms with Gasteiger partial charge in [0.05, 0.1) is 31.0 Å². The Kier molecular flexibility index (Phi) is 9.12. The maximum absolute atomic E-state index is 6.35. The lowest BCUT2D eigenvalue weighted by Crippen LogP contribution is -2.38. The van der Waals surface area contributed by atoms with E-state index in [1.165, 1.54) is 5.69 Å². The van der Waals surface area contributed by atoms with Crippen molar-refractivity contribution in [3.8, 4) is 11.5 Å². The highest BCUT2D eigenvalue weighted by Crippen LogP contribution is 2.36. The molecule has 2 aromatic rings. The maximum atomic E-state index is 6.35. The first-order valence-electron chi connectivity index (χ1n) is 10.0. The topological polar surface area (TPSA) is 72.7 Å². The van der Waals surface area contributed by atoms with Crippen LogP contribution in [-0.2, 0) is 13.1 Å². The highest BCUT2D eigenvalue weighted by molar-refractivity contribution is 6.32. The lowest BCUT2D eigenvalue weighted by molar-refractivity contribution is 0.311. The average molecular weight is 422 g/mol. The van der Waals surface area contributed by atoms with Crippen LogP contribution in [0.25, 0.3) is 0 Å². The molecule has 0 unspecified atom stereocenters. The SMILES string of the molecule is CCNC(=NCc1cc(Cl)c(OCC)c(OC)c1)NCCCn1nc(C)cc1C. The van der Waals surface area contributed by atoms with Gasteiger partial charge in [-0.15, -0.1) is 0 Å². The summed E-state index contributed by atoms with van der Waals surface area (Å²) in [6.45, 7) is 11.5. The van der Waals surface area contributed by atoms with E-state index in [0.717, 1.165) is 43.3 Å². The van der Waals surface area contributed by atoms with E-state index in [-0.39, 0.29) is 0 Å². The number of hydrogen-bond acceptors (Lipinski definition) is 4. The van der Waals surface area contributed by atoms with Crippen LogP contribution in [0, 0.1) is 13.8 Å². The lowest BCUT2D eigenvalue weighted by Gasteiger charge is -2.14. The van der Waals surface area contributed by atoms with Crippen LogP contribution < -0.4 is 20.1 Å². The van der Waals surface area contributed by atoms with Crippen molar-refractivity contribution in [1.82, 2.24) is 20.4 Å². The van der Waals surface area contributed by atoms with Crippen molar-refractivity contribution in [3.05, 3.63) is 40.2 Å². The van der Waals surface area contributed by atoms with Crippen LogP contribution in [-0.4, -0.2) is 42.5 Å². The zero-order valence-corrected chi connectivity index (χ0v) is 18.8. The van der Waals surface area contributed by atoms with E-state index in [9.17, 15) is 0 Å². The Balaban J connectivity index is 1.95. The first-order valence-corrected chi connectivity index (χ1v) is 10.4. The third-order valence-corrected chi connectivity index (χ3v) is 4.57. The van der Waals surface area contributed by atoms with Gasteiger partial charge in [-0.3, -0.25) is 4.68 Å². The molecule has 0 saturated heterocycles. The Morgan fingerprint density at radius 2 is 2.00 bits per heavy atom. The van der Waals surface area contributed by atoms with E-state index in [1.54, 1.807) is 7.11 Å². The molecule has 0 bridgehead atoms. The Hall–Kier alpha value is -2.41. The minimum atomic E-state index is 0.481. The first-order chi connectivity index (χ1) is 14.0. The molecule has 160 valence electrons. The van der Waals surface area contributed by atoms with Crippen molar-refractivity contribution < 1.29 is 9.47 Å². The second kappa shape index (κ2) is 11.6. The van der Waals surface area contributed by atoms with E-state index in [0.29, 0.717) is 29.7 Å². The zero-order valence-electron chi connectivity index (χ0n) is 18.0. The molecule has 0 amide bonds. The van der Waals surface area contributed by atoms with Gasteiger partial charge in [-0.25, -0.2) is 4.99 Å². The number of ether oxygens (including phenoxy) is 2. The molecule has 1 aromatic carbocycles. The van der Waals surface area contributed by atoms with Gasteiger partial charge in [-0.05, 0) is 57.9 Å². The van der Waals surface area contributed by atoms with E-state index >= 15 is 0 Å². The van der Waals surface area contributed by atoms with Crippen molar-refractivity contribution in [2.75, 3.05) is 26.8 Å². The molecule has 0 atom stereocenters. The van der Waals surface area contributed by atoms with Crippen molar-refractivity contribution in [1.29, 1.82) is 0 Å². The number of nitrogens with one attached hydrogen (secondary N) is 2. The molecule has 1 aromatic heterocycles. The average Bonchev–Trinajstić information content (AvgIpc) is 3.01. The van der Waals surface area contributed by atoms with Crippen LogP contribution in [0.4, 0.5) is 0 Å². The number of halogens is 1. The molecule has 7 nitrogen and oxygen atoms in total. The summed E-state index contributed by atoms with van der Waals surface area (Å²) in [4.78, 5) is 4.66. The van der Waals surface area contributed by atoms with Crippen molar-refractivity contribution in [3.63, 3.8) is 0 Å². The molecule has 0 aliphatic rings. The number of methoxy groups -OCH3 is 1.